The van der Waals surface area contributed by atoms with Gasteiger partial charge in [0.05, 0.1) is 11.4 Å². The first-order valence-corrected chi connectivity index (χ1v) is 8.53. The minimum Gasteiger partial charge on any atom is -0.444 e. The lowest BCUT2D eigenvalue weighted by Gasteiger charge is -2.35. The number of benzene rings is 1. The van der Waals surface area contributed by atoms with Crippen LogP contribution in [0.3, 0.4) is 0 Å². The largest absolute Gasteiger partial charge is 0.444 e. The molecule has 1 aliphatic rings. The molecular weight excluding hydrogens is 319 g/mol. The Morgan fingerprint density at radius 3 is 2.80 bits per heavy atom. The van der Waals surface area contributed by atoms with Crippen LogP contribution in [0.2, 0.25) is 0 Å². The second-order valence-corrected chi connectivity index (χ2v) is 7.20. The Morgan fingerprint density at radius 1 is 1.40 bits per heavy atom. The SMILES string of the molecule is CO[B]Nc1ccc(N2CCC[C@@H](NC(=O)OC(C)(C)C)C2)c(N)c1. The maximum Gasteiger partial charge on any atom is 0.435 e. The van der Waals surface area contributed by atoms with E-state index >= 15 is 0 Å². The second kappa shape index (κ2) is 8.33. The van der Waals surface area contributed by atoms with Crippen molar-refractivity contribution >= 4 is 30.8 Å². The van der Waals surface area contributed by atoms with Crippen molar-refractivity contribution in [3.8, 4) is 0 Å². The minimum atomic E-state index is -0.495. The molecule has 0 spiro atoms. The summed E-state index contributed by atoms with van der Waals surface area (Å²) in [6, 6.07) is 5.85. The smallest absolute Gasteiger partial charge is 0.435 e. The molecule has 0 aromatic heterocycles. The first kappa shape index (κ1) is 19.2. The minimum absolute atomic E-state index is 0.0441. The molecule has 8 heteroatoms. The third kappa shape index (κ3) is 6.05. The molecule has 1 atom stereocenters. The molecule has 2 rings (SSSR count). The molecule has 1 heterocycles. The number of anilines is 3. The zero-order valence-corrected chi connectivity index (χ0v) is 15.5. The molecule has 1 aromatic rings. The number of hydrogen-bond acceptors (Lipinski definition) is 6. The summed E-state index contributed by atoms with van der Waals surface area (Å²) in [6.07, 6.45) is 1.54. The summed E-state index contributed by atoms with van der Waals surface area (Å²) >= 11 is 0. The van der Waals surface area contributed by atoms with Gasteiger partial charge in [-0.15, -0.1) is 0 Å². The van der Waals surface area contributed by atoms with E-state index in [9.17, 15) is 4.79 Å². The molecule has 0 saturated carbocycles. The molecule has 1 radical (unpaired) electrons. The number of nitrogens with two attached hydrogens (primary N) is 1. The third-order valence-electron chi connectivity index (χ3n) is 3.85. The van der Waals surface area contributed by atoms with Gasteiger partial charge in [-0.3, -0.25) is 0 Å². The Bertz CT molecular complexity index is 592. The molecule has 137 valence electrons. The van der Waals surface area contributed by atoms with E-state index in [1.54, 1.807) is 7.11 Å². The topological polar surface area (TPSA) is 88.8 Å². The quantitative estimate of drug-likeness (QED) is 0.560. The standard InChI is InChI=1S/C17H28BN4O3/c1-17(2,3)25-16(23)20-13-6-5-9-22(11-13)15-8-7-12(10-14(15)19)21-18-24-4/h7-8,10,13,21H,5-6,9,11,19H2,1-4H3,(H,20,23)/t13-/m1/s1. The maximum atomic E-state index is 12.0. The number of hydrogen-bond donors (Lipinski definition) is 3. The van der Waals surface area contributed by atoms with Crippen LogP contribution >= 0.6 is 0 Å². The van der Waals surface area contributed by atoms with E-state index in [1.165, 1.54) is 7.62 Å². The van der Waals surface area contributed by atoms with E-state index < -0.39 is 5.60 Å². The second-order valence-electron chi connectivity index (χ2n) is 7.20. The van der Waals surface area contributed by atoms with Crippen molar-refractivity contribution in [2.75, 3.05) is 36.1 Å². The number of carbonyl (C=O) groups excluding carboxylic acids is 1. The highest BCUT2D eigenvalue weighted by molar-refractivity contribution is 6.32. The van der Waals surface area contributed by atoms with Crippen molar-refractivity contribution in [2.24, 2.45) is 0 Å². The predicted octanol–water partition coefficient (Wildman–Crippen LogP) is 2.35. The van der Waals surface area contributed by atoms with Crippen LogP contribution in [0, 0.1) is 0 Å². The highest BCUT2D eigenvalue weighted by Gasteiger charge is 2.25. The van der Waals surface area contributed by atoms with E-state index in [-0.39, 0.29) is 12.1 Å². The third-order valence-corrected chi connectivity index (χ3v) is 3.85. The number of nitrogen functional groups attached to an aromatic ring is 1. The summed E-state index contributed by atoms with van der Waals surface area (Å²) in [6.45, 7) is 7.19. The summed E-state index contributed by atoms with van der Waals surface area (Å²) < 4.78 is 10.2. The van der Waals surface area contributed by atoms with Gasteiger partial charge in [0.25, 0.3) is 0 Å². The van der Waals surface area contributed by atoms with Crippen LogP contribution in [0.4, 0.5) is 21.9 Å². The number of alkyl carbamates (subject to hydrolysis) is 1. The summed E-state index contributed by atoms with van der Waals surface area (Å²) in [7, 11) is 3.08. The summed E-state index contributed by atoms with van der Waals surface area (Å²) in [4.78, 5) is 14.2. The number of rotatable bonds is 5. The molecule has 25 heavy (non-hydrogen) atoms. The zero-order chi connectivity index (χ0) is 18.4. The lowest BCUT2D eigenvalue weighted by molar-refractivity contribution is 0.0500. The van der Waals surface area contributed by atoms with Crippen molar-refractivity contribution in [1.29, 1.82) is 0 Å². The van der Waals surface area contributed by atoms with Crippen LogP contribution in [0.25, 0.3) is 0 Å². The van der Waals surface area contributed by atoms with E-state index in [0.29, 0.717) is 12.2 Å². The molecule has 0 bridgehead atoms. The predicted molar refractivity (Wildman–Crippen MR) is 102 cm³/mol. The Hall–Kier alpha value is -2.09. The Balaban J connectivity index is 1.97. The van der Waals surface area contributed by atoms with Gasteiger partial charge in [0.15, 0.2) is 0 Å². The number of carbonyl (C=O) groups is 1. The van der Waals surface area contributed by atoms with Gasteiger partial charge in [0.2, 0.25) is 0 Å². The summed E-state index contributed by atoms with van der Waals surface area (Å²) in [5, 5.41) is 5.96. The van der Waals surface area contributed by atoms with Gasteiger partial charge >= 0.3 is 13.7 Å². The van der Waals surface area contributed by atoms with Crippen molar-refractivity contribution in [3.05, 3.63) is 18.2 Å². The normalized spacial score (nSPS) is 17.8. The molecule has 1 saturated heterocycles. The zero-order valence-electron chi connectivity index (χ0n) is 15.5. The molecule has 0 unspecified atom stereocenters. The van der Waals surface area contributed by atoms with E-state index in [1.807, 2.05) is 39.0 Å². The first-order valence-electron chi connectivity index (χ1n) is 8.53. The van der Waals surface area contributed by atoms with Crippen LogP contribution in [-0.4, -0.2) is 45.6 Å². The number of piperidine rings is 1. The summed E-state index contributed by atoms with van der Waals surface area (Å²) in [5.74, 6) is 0. The maximum absolute atomic E-state index is 12.0. The number of nitrogens with zero attached hydrogens (tertiary/aromatic N) is 1. The Kier molecular flexibility index (Phi) is 6.41. The fourth-order valence-electron chi connectivity index (χ4n) is 2.85. The summed E-state index contributed by atoms with van der Waals surface area (Å²) in [5.41, 5.74) is 8.23. The van der Waals surface area contributed by atoms with Crippen molar-refractivity contribution < 1.29 is 14.2 Å². The highest BCUT2D eigenvalue weighted by Crippen LogP contribution is 2.29. The highest BCUT2D eigenvalue weighted by atomic mass is 16.6. The molecule has 4 N–H and O–H groups in total. The molecule has 7 nitrogen and oxygen atoms in total. The van der Waals surface area contributed by atoms with Crippen molar-refractivity contribution in [3.63, 3.8) is 0 Å². The van der Waals surface area contributed by atoms with Crippen LogP contribution in [-0.2, 0) is 9.39 Å². The molecular formula is C17H28BN4O3. The monoisotopic (exact) mass is 347 g/mol. The van der Waals surface area contributed by atoms with Gasteiger partial charge in [-0.1, -0.05) is 0 Å². The molecule has 1 fully saturated rings. The average molecular weight is 347 g/mol. The number of nitrogens with one attached hydrogen (secondary N) is 2. The molecule has 1 aliphatic heterocycles. The molecule has 0 aliphatic carbocycles. The fourth-order valence-corrected chi connectivity index (χ4v) is 2.85. The van der Waals surface area contributed by atoms with E-state index in [4.69, 9.17) is 15.1 Å². The number of amides is 1. The van der Waals surface area contributed by atoms with Crippen molar-refractivity contribution in [2.45, 2.75) is 45.3 Å². The van der Waals surface area contributed by atoms with Gasteiger partial charge in [-0.05, 0) is 51.8 Å². The van der Waals surface area contributed by atoms with E-state index in [2.05, 4.69) is 15.4 Å². The van der Waals surface area contributed by atoms with Crippen LogP contribution < -0.4 is 21.2 Å². The average Bonchev–Trinajstić information content (AvgIpc) is 2.51. The van der Waals surface area contributed by atoms with Crippen LogP contribution in [0.1, 0.15) is 33.6 Å². The van der Waals surface area contributed by atoms with Crippen molar-refractivity contribution in [1.82, 2.24) is 5.32 Å². The van der Waals surface area contributed by atoms with E-state index in [0.717, 1.165) is 30.8 Å². The van der Waals surface area contributed by atoms with Crippen LogP contribution in [0.15, 0.2) is 18.2 Å². The number of ether oxygens (including phenoxy) is 1. The van der Waals surface area contributed by atoms with Gasteiger partial charge < -0.3 is 30.6 Å². The lowest BCUT2D eigenvalue weighted by atomic mass is 10.0. The molecule has 1 aromatic carbocycles. The Labute approximate surface area is 150 Å². The first-order chi connectivity index (χ1) is 11.8. The van der Waals surface area contributed by atoms with Gasteiger partial charge in [-0.25, -0.2) is 4.79 Å². The lowest BCUT2D eigenvalue weighted by Crippen LogP contribution is -2.49. The fraction of sp³-hybridized carbons (Fsp3) is 0.588. The Morgan fingerprint density at radius 2 is 2.16 bits per heavy atom. The van der Waals surface area contributed by atoms with Gasteiger partial charge in [-0.2, -0.15) is 0 Å². The van der Waals surface area contributed by atoms with Gasteiger partial charge in [0, 0.05) is 31.9 Å². The van der Waals surface area contributed by atoms with Gasteiger partial charge in [0.1, 0.15) is 5.60 Å². The van der Waals surface area contributed by atoms with Crippen LogP contribution in [0.5, 0.6) is 0 Å². The molecule has 1 amide bonds.